The summed E-state index contributed by atoms with van der Waals surface area (Å²) in [5.74, 6) is 0.294. The lowest BCUT2D eigenvalue weighted by Crippen LogP contribution is -2.29. The van der Waals surface area contributed by atoms with Gasteiger partial charge in [-0.25, -0.2) is 13.1 Å². The molecule has 1 aliphatic rings. The summed E-state index contributed by atoms with van der Waals surface area (Å²) in [6, 6.07) is 14.5. The second-order valence-corrected chi connectivity index (χ2v) is 8.02. The van der Waals surface area contributed by atoms with Crippen LogP contribution in [0.5, 0.6) is 0 Å². The van der Waals surface area contributed by atoms with Crippen LogP contribution < -0.4 is 15.8 Å². The Morgan fingerprint density at radius 3 is 2.56 bits per heavy atom. The number of sulfonamides is 1. The van der Waals surface area contributed by atoms with Gasteiger partial charge in [-0.15, -0.1) is 24.0 Å². The molecule has 2 aromatic carbocycles. The second kappa shape index (κ2) is 10.0. The molecule has 0 saturated heterocycles. The van der Waals surface area contributed by atoms with Gasteiger partial charge in [-0.3, -0.25) is 4.99 Å². The predicted molar refractivity (Wildman–Crippen MR) is 120 cm³/mol. The number of guanidine groups is 1. The van der Waals surface area contributed by atoms with Crippen LogP contribution in [-0.4, -0.2) is 27.5 Å². The lowest BCUT2D eigenvalue weighted by molar-refractivity contribution is 0.582. The minimum Gasteiger partial charge on any atom is -0.370 e. The summed E-state index contributed by atoms with van der Waals surface area (Å²) < 4.78 is 26.8. The molecule has 0 unspecified atom stereocenters. The Bertz CT molecular complexity index is 886. The van der Waals surface area contributed by atoms with Gasteiger partial charge in [0.1, 0.15) is 0 Å². The highest BCUT2D eigenvalue weighted by atomic mass is 127. The minimum absolute atomic E-state index is 0. The fourth-order valence-electron chi connectivity index (χ4n) is 3.12. The Balaban J connectivity index is 0.00000261. The molecular formula is C19H25IN4O2S. The van der Waals surface area contributed by atoms with E-state index in [1.165, 1.54) is 24.0 Å². The van der Waals surface area contributed by atoms with Crippen LogP contribution in [0.3, 0.4) is 0 Å². The molecule has 0 heterocycles. The highest BCUT2D eigenvalue weighted by Crippen LogP contribution is 2.27. The number of fused-ring (bicyclic) bond motifs is 1. The van der Waals surface area contributed by atoms with Crippen LogP contribution in [0.25, 0.3) is 0 Å². The zero-order chi connectivity index (χ0) is 18.4. The van der Waals surface area contributed by atoms with E-state index in [0.29, 0.717) is 5.96 Å². The topological polar surface area (TPSA) is 96.6 Å². The van der Waals surface area contributed by atoms with E-state index in [1.807, 2.05) is 12.1 Å². The van der Waals surface area contributed by atoms with Gasteiger partial charge in [-0.05, 0) is 55.0 Å². The van der Waals surface area contributed by atoms with Gasteiger partial charge in [0.2, 0.25) is 10.0 Å². The summed E-state index contributed by atoms with van der Waals surface area (Å²) in [7, 11) is -3.51. The van der Waals surface area contributed by atoms with Crippen molar-refractivity contribution in [3.05, 3.63) is 59.7 Å². The van der Waals surface area contributed by atoms with E-state index >= 15 is 0 Å². The van der Waals surface area contributed by atoms with E-state index in [4.69, 9.17) is 5.73 Å². The number of halogens is 1. The van der Waals surface area contributed by atoms with Crippen LogP contribution in [-0.2, 0) is 22.9 Å². The van der Waals surface area contributed by atoms with Crippen molar-refractivity contribution in [3.63, 3.8) is 0 Å². The number of aliphatic imine (C=N–C) groups is 1. The molecule has 3 rings (SSSR count). The van der Waals surface area contributed by atoms with Crippen molar-refractivity contribution < 1.29 is 8.42 Å². The number of rotatable bonds is 6. The van der Waals surface area contributed by atoms with Crippen molar-refractivity contribution in [2.24, 2.45) is 10.7 Å². The van der Waals surface area contributed by atoms with Gasteiger partial charge in [-0.1, -0.05) is 30.3 Å². The van der Waals surface area contributed by atoms with Gasteiger partial charge < -0.3 is 11.1 Å². The van der Waals surface area contributed by atoms with E-state index in [2.05, 4.69) is 21.1 Å². The van der Waals surface area contributed by atoms with Crippen LogP contribution in [0, 0.1) is 0 Å². The molecule has 0 spiro atoms. The molecule has 0 radical (unpaired) electrons. The largest absolute Gasteiger partial charge is 0.370 e. The standard InChI is InChI=1S/C19H24N4O2S.HI/c20-19(23-18-12-6-8-15-7-4-5-11-17(15)18)21-13-14-22-26(24,25)16-9-2-1-3-10-16;/h1-3,6,8-10,12,22H,4-5,7,11,13-14H2,(H3,20,21,23);1H. The van der Waals surface area contributed by atoms with Gasteiger partial charge in [0, 0.05) is 12.2 Å². The fraction of sp³-hybridized carbons (Fsp3) is 0.316. The highest BCUT2D eigenvalue weighted by Gasteiger charge is 2.14. The normalized spacial score (nSPS) is 14.1. The smallest absolute Gasteiger partial charge is 0.240 e. The predicted octanol–water partition coefficient (Wildman–Crippen LogP) is 2.89. The molecule has 6 nitrogen and oxygen atoms in total. The molecule has 1 aliphatic carbocycles. The maximum Gasteiger partial charge on any atom is 0.240 e. The van der Waals surface area contributed by atoms with E-state index in [1.54, 1.807) is 30.3 Å². The molecule has 27 heavy (non-hydrogen) atoms. The van der Waals surface area contributed by atoms with E-state index in [0.717, 1.165) is 18.5 Å². The number of anilines is 1. The van der Waals surface area contributed by atoms with Crippen molar-refractivity contribution in [3.8, 4) is 0 Å². The van der Waals surface area contributed by atoms with Crippen molar-refractivity contribution in [2.45, 2.75) is 30.6 Å². The van der Waals surface area contributed by atoms with Crippen LogP contribution in [0.1, 0.15) is 24.0 Å². The van der Waals surface area contributed by atoms with Gasteiger partial charge in [0.25, 0.3) is 0 Å². The Labute approximate surface area is 177 Å². The Hall–Kier alpha value is -1.65. The maximum atomic E-state index is 12.1. The third kappa shape index (κ3) is 5.91. The molecule has 8 heteroatoms. The van der Waals surface area contributed by atoms with Crippen molar-refractivity contribution in [1.29, 1.82) is 0 Å². The molecule has 0 bridgehead atoms. The fourth-order valence-corrected chi connectivity index (χ4v) is 4.16. The molecule has 2 aromatic rings. The third-order valence-corrected chi connectivity index (χ3v) is 5.88. The van der Waals surface area contributed by atoms with Crippen LogP contribution >= 0.6 is 24.0 Å². The number of benzene rings is 2. The summed E-state index contributed by atoms with van der Waals surface area (Å²) in [6.07, 6.45) is 4.55. The first-order valence-corrected chi connectivity index (χ1v) is 10.3. The lowest BCUT2D eigenvalue weighted by atomic mass is 9.90. The SMILES string of the molecule is I.NC(=NCCNS(=O)(=O)c1ccccc1)Nc1cccc2c1CCCC2. The highest BCUT2D eigenvalue weighted by molar-refractivity contribution is 14.0. The van der Waals surface area contributed by atoms with E-state index < -0.39 is 10.0 Å². The van der Waals surface area contributed by atoms with Gasteiger partial charge in [0.15, 0.2) is 5.96 Å². The average Bonchev–Trinajstić information content (AvgIpc) is 2.66. The first kappa shape index (κ1) is 21.6. The van der Waals surface area contributed by atoms with Gasteiger partial charge >= 0.3 is 0 Å². The number of nitrogens with one attached hydrogen (secondary N) is 2. The number of hydrogen-bond donors (Lipinski definition) is 3. The number of nitrogens with two attached hydrogens (primary N) is 1. The molecule has 0 aromatic heterocycles. The number of nitrogens with zero attached hydrogens (tertiary/aromatic N) is 1. The zero-order valence-corrected chi connectivity index (χ0v) is 18.2. The van der Waals surface area contributed by atoms with Gasteiger partial charge in [0.05, 0.1) is 11.4 Å². The Morgan fingerprint density at radius 2 is 1.78 bits per heavy atom. The zero-order valence-electron chi connectivity index (χ0n) is 15.0. The first-order valence-electron chi connectivity index (χ1n) is 8.79. The molecule has 4 N–H and O–H groups in total. The second-order valence-electron chi connectivity index (χ2n) is 6.25. The van der Waals surface area contributed by atoms with E-state index in [-0.39, 0.29) is 42.0 Å². The molecule has 0 atom stereocenters. The summed E-state index contributed by atoms with van der Waals surface area (Å²) in [4.78, 5) is 4.46. The first-order chi connectivity index (χ1) is 12.6. The van der Waals surface area contributed by atoms with Crippen LogP contribution in [0.15, 0.2) is 58.4 Å². The summed E-state index contributed by atoms with van der Waals surface area (Å²) in [5, 5.41) is 3.15. The molecule has 0 fully saturated rings. The van der Waals surface area contributed by atoms with Gasteiger partial charge in [-0.2, -0.15) is 0 Å². The summed E-state index contributed by atoms with van der Waals surface area (Å²) in [6.45, 7) is 0.451. The minimum atomic E-state index is -3.51. The van der Waals surface area contributed by atoms with Crippen LogP contribution in [0.4, 0.5) is 5.69 Å². The maximum absolute atomic E-state index is 12.1. The Kier molecular flexibility index (Phi) is 8.06. The van der Waals surface area contributed by atoms with Crippen molar-refractivity contribution >= 4 is 45.6 Å². The molecule has 0 aliphatic heterocycles. The molecule has 0 amide bonds. The third-order valence-electron chi connectivity index (χ3n) is 4.40. The monoisotopic (exact) mass is 500 g/mol. The molecule has 0 saturated carbocycles. The number of aryl methyl sites for hydroxylation is 1. The molecule has 146 valence electrons. The summed E-state index contributed by atoms with van der Waals surface area (Å²) >= 11 is 0. The van der Waals surface area contributed by atoms with E-state index in [9.17, 15) is 8.42 Å². The average molecular weight is 500 g/mol. The summed E-state index contributed by atoms with van der Waals surface area (Å²) in [5.41, 5.74) is 9.63. The van der Waals surface area contributed by atoms with Crippen LogP contribution in [0.2, 0.25) is 0 Å². The Morgan fingerprint density at radius 1 is 1.04 bits per heavy atom. The lowest BCUT2D eigenvalue weighted by Gasteiger charge is -2.19. The molecular weight excluding hydrogens is 475 g/mol. The van der Waals surface area contributed by atoms with Crippen molar-refractivity contribution in [1.82, 2.24) is 4.72 Å². The van der Waals surface area contributed by atoms with Crippen molar-refractivity contribution in [2.75, 3.05) is 18.4 Å². The number of hydrogen-bond acceptors (Lipinski definition) is 3. The quantitative estimate of drug-likeness (QED) is 0.246.